The van der Waals surface area contributed by atoms with Crippen LogP contribution in [0, 0.1) is 13.8 Å². The van der Waals surface area contributed by atoms with Crippen molar-refractivity contribution in [1.29, 1.82) is 0 Å². The number of hydrogen-bond donors (Lipinski definition) is 1. The lowest BCUT2D eigenvalue weighted by Crippen LogP contribution is -2.30. The molecule has 0 radical (unpaired) electrons. The first-order valence-corrected chi connectivity index (χ1v) is 12.4. The normalized spacial score (nSPS) is 11.0. The van der Waals surface area contributed by atoms with Gasteiger partial charge in [-0.2, -0.15) is 0 Å². The van der Waals surface area contributed by atoms with Gasteiger partial charge in [-0.25, -0.2) is 4.98 Å². The van der Waals surface area contributed by atoms with Crippen molar-refractivity contribution in [2.45, 2.75) is 34.2 Å². The van der Waals surface area contributed by atoms with Crippen molar-refractivity contribution in [1.82, 2.24) is 14.5 Å². The van der Waals surface area contributed by atoms with E-state index >= 15 is 0 Å². The summed E-state index contributed by atoms with van der Waals surface area (Å²) in [5, 5.41) is 5.25. The Kier molecular flexibility index (Phi) is 7.12. The van der Waals surface area contributed by atoms with Gasteiger partial charge in [0.1, 0.15) is 11.4 Å². The number of anilines is 1. The summed E-state index contributed by atoms with van der Waals surface area (Å²) in [6.45, 7) is 8.97. The molecule has 7 nitrogen and oxygen atoms in total. The Morgan fingerprint density at radius 2 is 1.83 bits per heavy atom. The molecule has 0 fully saturated rings. The van der Waals surface area contributed by atoms with E-state index in [0.29, 0.717) is 34.6 Å². The lowest BCUT2D eigenvalue weighted by Gasteiger charge is -2.19. The first-order chi connectivity index (χ1) is 16.8. The maximum absolute atomic E-state index is 13.3. The van der Waals surface area contributed by atoms with Gasteiger partial charge in [-0.05, 0) is 62.6 Å². The third-order valence-electron chi connectivity index (χ3n) is 6.14. The second-order valence-corrected chi connectivity index (χ2v) is 9.27. The lowest BCUT2D eigenvalue weighted by atomic mass is 10.0. The monoisotopic (exact) mass is 488 g/mol. The van der Waals surface area contributed by atoms with Crippen LogP contribution in [0.25, 0.3) is 21.3 Å². The molecule has 35 heavy (non-hydrogen) atoms. The Labute approximate surface area is 208 Å². The van der Waals surface area contributed by atoms with Gasteiger partial charge in [-0.15, -0.1) is 11.3 Å². The zero-order valence-electron chi connectivity index (χ0n) is 20.3. The second-order valence-electron chi connectivity index (χ2n) is 8.41. The Hall–Kier alpha value is -3.78. The molecule has 2 heterocycles. The van der Waals surface area contributed by atoms with Crippen LogP contribution in [0.2, 0.25) is 0 Å². The average Bonchev–Trinajstić information content (AvgIpc) is 3.28. The van der Waals surface area contributed by atoms with Gasteiger partial charge < -0.3 is 10.2 Å². The molecular weight excluding hydrogens is 460 g/mol. The minimum Gasteiger partial charge on any atom is -0.339 e. The Morgan fingerprint density at radius 3 is 2.54 bits per heavy atom. The Balaban J connectivity index is 1.58. The van der Waals surface area contributed by atoms with E-state index in [4.69, 9.17) is 0 Å². The van der Waals surface area contributed by atoms with Crippen molar-refractivity contribution < 1.29 is 9.59 Å². The van der Waals surface area contributed by atoms with Gasteiger partial charge in [0.05, 0.1) is 11.7 Å². The first-order valence-electron chi connectivity index (χ1n) is 11.6. The number of aromatic nitrogens is 2. The fourth-order valence-electron chi connectivity index (χ4n) is 3.98. The highest BCUT2D eigenvalue weighted by Crippen LogP contribution is 2.31. The van der Waals surface area contributed by atoms with E-state index in [2.05, 4.69) is 16.4 Å². The quantitative estimate of drug-likeness (QED) is 0.403. The number of nitrogens with zero attached hydrogens (tertiary/aromatic N) is 3. The molecule has 4 aromatic rings. The molecule has 0 saturated heterocycles. The van der Waals surface area contributed by atoms with Crippen LogP contribution in [0.3, 0.4) is 0 Å². The van der Waals surface area contributed by atoms with Crippen LogP contribution in [0.15, 0.2) is 59.0 Å². The largest absolute Gasteiger partial charge is 0.339 e. The van der Waals surface area contributed by atoms with Crippen molar-refractivity contribution in [3.63, 3.8) is 0 Å². The summed E-state index contributed by atoms with van der Waals surface area (Å²) in [5.41, 5.74) is 4.85. The van der Waals surface area contributed by atoms with Crippen LogP contribution in [-0.4, -0.2) is 39.4 Å². The molecule has 0 bridgehead atoms. The summed E-state index contributed by atoms with van der Waals surface area (Å²) < 4.78 is 1.32. The highest BCUT2D eigenvalue weighted by Gasteiger charge is 2.16. The van der Waals surface area contributed by atoms with Gasteiger partial charge in [-0.1, -0.05) is 24.3 Å². The number of rotatable bonds is 7. The smallest absolute Gasteiger partial charge is 0.263 e. The number of carbonyl (C=O) groups is 2. The number of carbonyl (C=O) groups excluding carboxylic acids is 2. The van der Waals surface area contributed by atoms with Crippen LogP contribution in [-0.2, 0) is 11.3 Å². The maximum Gasteiger partial charge on any atom is 0.263 e. The molecule has 0 aliphatic rings. The van der Waals surface area contributed by atoms with Gasteiger partial charge in [0.15, 0.2) is 0 Å². The number of aryl methyl sites for hydroxylation is 2. The number of nitrogens with one attached hydrogen (secondary N) is 1. The molecular formula is C27H28N4O3S. The van der Waals surface area contributed by atoms with Gasteiger partial charge in [0.2, 0.25) is 5.91 Å². The molecule has 0 atom stereocenters. The highest BCUT2D eigenvalue weighted by atomic mass is 32.1. The predicted octanol–water partition coefficient (Wildman–Crippen LogP) is 4.86. The molecule has 2 aromatic heterocycles. The maximum atomic E-state index is 13.3. The van der Waals surface area contributed by atoms with Crippen molar-refractivity contribution in [3.05, 3.63) is 81.2 Å². The molecule has 0 saturated carbocycles. The molecule has 180 valence electrons. The predicted molar refractivity (Wildman–Crippen MR) is 141 cm³/mol. The molecule has 1 N–H and O–H groups in total. The molecule has 2 aromatic carbocycles. The van der Waals surface area contributed by atoms with Crippen molar-refractivity contribution in [2.24, 2.45) is 0 Å². The average molecular weight is 489 g/mol. The Bertz CT molecular complexity index is 1470. The molecule has 0 aliphatic heterocycles. The molecule has 8 heteroatoms. The summed E-state index contributed by atoms with van der Waals surface area (Å²) >= 11 is 1.41. The highest BCUT2D eigenvalue weighted by molar-refractivity contribution is 7.17. The SMILES string of the molecule is CCN(CC)C(=O)c1cccc(NC(=O)Cn2cnc3scc(-c4ccc(C)c(C)c4)c3c2=O)c1. The molecule has 2 amide bonds. The van der Waals surface area contributed by atoms with Crippen LogP contribution >= 0.6 is 11.3 Å². The standard InChI is InChI=1S/C27H28N4O3S/c1-5-30(6-2)26(33)20-8-7-9-21(13-20)29-23(32)14-31-16-28-25-24(27(31)34)22(15-35-25)19-11-10-17(3)18(4)12-19/h7-13,15-16H,5-6,14H2,1-4H3,(H,29,32). The third kappa shape index (κ3) is 5.02. The van der Waals surface area contributed by atoms with Crippen LogP contribution in [0.4, 0.5) is 5.69 Å². The van der Waals surface area contributed by atoms with Crippen molar-refractivity contribution >= 4 is 39.1 Å². The molecule has 0 aliphatic carbocycles. The van der Waals surface area contributed by atoms with E-state index < -0.39 is 0 Å². The summed E-state index contributed by atoms with van der Waals surface area (Å²) in [4.78, 5) is 45.5. The van der Waals surface area contributed by atoms with Crippen molar-refractivity contribution in [3.8, 4) is 11.1 Å². The van der Waals surface area contributed by atoms with Crippen LogP contribution in [0.1, 0.15) is 35.3 Å². The minimum atomic E-state index is -0.372. The van der Waals surface area contributed by atoms with E-state index in [1.807, 2.05) is 45.2 Å². The lowest BCUT2D eigenvalue weighted by molar-refractivity contribution is -0.116. The first kappa shape index (κ1) is 24.3. The van der Waals surface area contributed by atoms with E-state index in [9.17, 15) is 14.4 Å². The third-order valence-corrected chi connectivity index (χ3v) is 7.02. The van der Waals surface area contributed by atoms with Gasteiger partial charge in [0.25, 0.3) is 11.5 Å². The van der Waals surface area contributed by atoms with E-state index in [-0.39, 0.29) is 23.9 Å². The van der Waals surface area contributed by atoms with Gasteiger partial charge in [0, 0.05) is 35.3 Å². The molecule has 0 unspecified atom stereocenters. The molecule has 4 rings (SSSR count). The molecule has 0 spiro atoms. The van der Waals surface area contributed by atoms with Crippen LogP contribution in [0.5, 0.6) is 0 Å². The minimum absolute atomic E-state index is 0.0895. The summed E-state index contributed by atoms with van der Waals surface area (Å²) in [7, 11) is 0. The number of fused-ring (bicyclic) bond motifs is 1. The zero-order valence-corrected chi connectivity index (χ0v) is 21.1. The van der Waals surface area contributed by atoms with E-state index in [1.54, 1.807) is 29.2 Å². The topological polar surface area (TPSA) is 84.3 Å². The Morgan fingerprint density at radius 1 is 1.06 bits per heavy atom. The fraction of sp³-hybridized carbons (Fsp3) is 0.259. The van der Waals surface area contributed by atoms with E-state index in [1.165, 1.54) is 27.8 Å². The summed E-state index contributed by atoms with van der Waals surface area (Å²) in [5.74, 6) is -0.461. The number of hydrogen-bond acceptors (Lipinski definition) is 5. The second kappa shape index (κ2) is 10.2. The van der Waals surface area contributed by atoms with Gasteiger partial charge >= 0.3 is 0 Å². The summed E-state index contributed by atoms with van der Waals surface area (Å²) in [6, 6.07) is 12.9. The number of amides is 2. The fourth-order valence-corrected chi connectivity index (χ4v) is 4.89. The van der Waals surface area contributed by atoms with Gasteiger partial charge in [-0.3, -0.25) is 19.0 Å². The number of thiophene rings is 1. The van der Waals surface area contributed by atoms with E-state index in [0.717, 1.165) is 16.7 Å². The van der Waals surface area contributed by atoms with Crippen LogP contribution < -0.4 is 10.9 Å². The summed E-state index contributed by atoms with van der Waals surface area (Å²) in [6.07, 6.45) is 1.41. The number of benzene rings is 2. The van der Waals surface area contributed by atoms with Crippen molar-refractivity contribution in [2.75, 3.05) is 18.4 Å². The zero-order chi connectivity index (χ0) is 25.1.